The van der Waals surface area contributed by atoms with Gasteiger partial charge in [-0.2, -0.15) is 0 Å². The fourth-order valence-electron chi connectivity index (χ4n) is 2.04. The van der Waals surface area contributed by atoms with Crippen LogP contribution in [0.1, 0.15) is 26.6 Å². The standard InChI is InChI=1S/C13H17F2N3/c1-13(2,3)12-17-9-6-8(16)4-5-10(9)18(12)7-11(14)15/h4-6,11H,7,16H2,1-3H3. The largest absolute Gasteiger partial charge is 0.399 e. The van der Waals surface area contributed by atoms with Crippen LogP contribution < -0.4 is 5.73 Å². The van der Waals surface area contributed by atoms with Crippen LogP contribution in [0.2, 0.25) is 0 Å². The van der Waals surface area contributed by atoms with Crippen molar-refractivity contribution in [3.05, 3.63) is 24.0 Å². The van der Waals surface area contributed by atoms with Crippen molar-refractivity contribution in [2.45, 2.75) is 39.2 Å². The van der Waals surface area contributed by atoms with E-state index in [2.05, 4.69) is 4.98 Å². The van der Waals surface area contributed by atoms with Gasteiger partial charge in [0.15, 0.2) is 0 Å². The molecule has 2 rings (SSSR count). The zero-order valence-electron chi connectivity index (χ0n) is 10.7. The molecule has 0 unspecified atom stereocenters. The lowest BCUT2D eigenvalue weighted by atomic mass is 9.95. The van der Waals surface area contributed by atoms with Gasteiger partial charge in [0, 0.05) is 11.1 Å². The highest BCUT2D eigenvalue weighted by molar-refractivity contribution is 5.79. The summed E-state index contributed by atoms with van der Waals surface area (Å²) in [6.07, 6.45) is -2.40. The molecule has 2 aromatic rings. The number of nitrogen functional groups attached to an aromatic ring is 1. The molecule has 2 N–H and O–H groups in total. The molecule has 0 saturated heterocycles. The van der Waals surface area contributed by atoms with Gasteiger partial charge in [-0.25, -0.2) is 13.8 Å². The van der Waals surface area contributed by atoms with E-state index in [9.17, 15) is 8.78 Å². The van der Waals surface area contributed by atoms with Crippen LogP contribution in [-0.2, 0) is 12.0 Å². The number of hydrogen-bond acceptors (Lipinski definition) is 2. The van der Waals surface area contributed by atoms with Crippen molar-refractivity contribution < 1.29 is 8.78 Å². The van der Waals surface area contributed by atoms with Crippen molar-refractivity contribution in [1.82, 2.24) is 9.55 Å². The fraction of sp³-hybridized carbons (Fsp3) is 0.462. The van der Waals surface area contributed by atoms with Gasteiger partial charge in [-0.05, 0) is 18.2 Å². The Morgan fingerprint density at radius 2 is 2.00 bits per heavy atom. The van der Waals surface area contributed by atoms with E-state index >= 15 is 0 Å². The Balaban J connectivity index is 2.68. The minimum Gasteiger partial charge on any atom is -0.399 e. The summed E-state index contributed by atoms with van der Waals surface area (Å²) in [4.78, 5) is 4.45. The summed E-state index contributed by atoms with van der Waals surface area (Å²) < 4.78 is 27.0. The fourth-order valence-corrected chi connectivity index (χ4v) is 2.04. The number of hydrogen-bond donors (Lipinski definition) is 1. The second-order valence-electron chi connectivity index (χ2n) is 5.44. The maximum absolute atomic E-state index is 12.7. The summed E-state index contributed by atoms with van der Waals surface area (Å²) in [5.74, 6) is 0.656. The first-order valence-corrected chi connectivity index (χ1v) is 5.83. The SMILES string of the molecule is CC(C)(C)c1nc2cc(N)ccc2n1CC(F)F. The molecule has 0 atom stereocenters. The predicted octanol–water partition coefficient (Wildman–Crippen LogP) is 3.18. The Labute approximate surface area is 105 Å². The Morgan fingerprint density at radius 1 is 1.33 bits per heavy atom. The molecule has 1 aromatic heterocycles. The smallest absolute Gasteiger partial charge is 0.256 e. The lowest BCUT2D eigenvalue weighted by Crippen LogP contribution is -2.21. The third-order valence-corrected chi connectivity index (χ3v) is 2.76. The summed E-state index contributed by atoms with van der Waals surface area (Å²) in [7, 11) is 0. The highest BCUT2D eigenvalue weighted by Gasteiger charge is 2.24. The highest BCUT2D eigenvalue weighted by Crippen LogP contribution is 2.28. The van der Waals surface area contributed by atoms with Crippen LogP contribution in [-0.4, -0.2) is 16.0 Å². The Morgan fingerprint density at radius 3 is 2.56 bits per heavy atom. The number of halogens is 2. The van der Waals surface area contributed by atoms with E-state index in [0.717, 1.165) is 0 Å². The summed E-state index contributed by atoms with van der Waals surface area (Å²) >= 11 is 0. The third kappa shape index (κ3) is 2.30. The number of aromatic nitrogens is 2. The van der Waals surface area contributed by atoms with E-state index in [-0.39, 0.29) is 12.0 Å². The number of alkyl halides is 2. The molecule has 0 fully saturated rings. The van der Waals surface area contributed by atoms with Gasteiger partial charge < -0.3 is 10.3 Å². The minimum atomic E-state index is -2.40. The molecule has 1 heterocycles. The number of anilines is 1. The summed E-state index contributed by atoms with van der Waals surface area (Å²) in [5, 5.41) is 0. The molecule has 0 aliphatic rings. The van der Waals surface area contributed by atoms with Gasteiger partial charge in [0.2, 0.25) is 0 Å². The van der Waals surface area contributed by atoms with Crippen molar-refractivity contribution in [2.75, 3.05) is 5.73 Å². The maximum atomic E-state index is 12.7. The Kier molecular flexibility index (Phi) is 3.00. The van der Waals surface area contributed by atoms with Crippen LogP contribution >= 0.6 is 0 Å². The number of rotatable bonds is 2. The van der Waals surface area contributed by atoms with E-state index in [4.69, 9.17) is 5.73 Å². The van der Waals surface area contributed by atoms with Crippen LogP contribution in [0.4, 0.5) is 14.5 Å². The first-order chi connectivity index (χ1) is 8.29. The molecule has 0 bridgehead atoms. The highest BCUT2D eigenvalue weighted by atomic mass is 19.3. The van der Waals surface area contributed by atoms with E-state index in [1.54, 1.807) is 22.8 Å². The van der Waals surface area contributed by atoms with Gasteiger partial charge in [-0.15, -0.1) is 0 Å². The second kappa shape index (κ2) is 4.23. The number of nitrogens with zero attached hydrogens (tertiary/aromatic N) is 2. The lowest BCUT2D eigenvalue weighted by molar-refractivity contribution is 0.125. The van der Waals surface area contributed by atoms with Crippen LogP contribution in [0.15, 0.2) is 18.2 Å². The molecule has 0 saturated carbocycles. The van der Waals surface area contributed by atoms with Crippen LogP contribution in [0.25, 0.3) is 11.0 Å². The van der Waals surface area contributed by atoms with Gasteiger partial charge in [-0.3, -0.25) is 0 Å². The van der Waals surface area contributed by atoms with E-state index < -0.39 is 6.43 Å². The average Bonchev–Trinajstić information content (AvgIpc) is 2.55. The van der Waals surface area contributed by atoms with Gasteiger partial charge in [0.1, 0.15) is 5.82 Å². The van der Waals surface area contributed by atoms with Gasteiger partial charge in [0.25, 0.3) is 6.43 Å². The molecule has 0 radical (unpaired) electrons. The number of benzene rings is 1. The van der Waals surface area contributed by atoms with Crippen molar-refractivity contribution in [3.63, 3.8) is 0 Å². The van der Waals surface area contributed by atoms with E-state index in [1.807, 2.05) is 20.8 Å². The van der Waals surface area contributed by atoms with Crippen LogP contribution in [0.5, 0.6) is 0 Å². The van der Waals surface area contributed by atoms with E-state index in [1.165, 1.54) is 0 Å². The van der Waals surface area contributed by atoms with Crippen molar-refractivity contribution in [3.8, 4) is 0 Å². The number of fused-ring (bicyclic) bond motifs is 1. The lowest BCUT2D eigenvalue weighted by Gasteiger charge is -2.19. The quantitative estimate of drug-likeness (QED) is 0.835. The van der Waals surface area contributed by atoms with Crippen molar-refractivity contribution in [1.29, 1.82) is 0 Å². The normalized spacial score (nSPS) is 12.6. The number of imidazole rings is 1. The molecular formula is C13H17F2N3. The first kappa shape index (κ1) is 12.8. The molecule has 18 heavy (non-hydrogen) atoms. The van der Waals surface area contributed by atoms with Gasteiger partial charge >= 0.3 is 0 Å². The maximum Gasteiger partial charge on any atom is 0.256 e. The summed E-state index contributed by atoms with van der Waals surface area (Å²) in [6, 6.07) is 5.17. The predicted molar refractivity (Wildman–Crippen MR) is 68.8 cm³/mol. The van der Waals surface area contributed by atoms with E-state index in [0.29, 0.717) is 22.5 Å². The minimum absolute atomic E-state index is 0.289. The molecule has 0 aliphatic carbocycles. The monoisotopic (exact) mass is 253 g/mol. The third-order valence-electron chi connectivity index (χ3n) is 2.76. The second-order valence-corrected chi connectivity index (χ2v) is 5.44. The molecule has 98 valence electrons. The van der Waals surface area contributed by atoms with Crippen LogP contribution in [0, 0.1) is 0 Å². The molecule has 1 aromatic carbocycles. The Hall–Kier alpha value is -1.65. The first-order valence-electron chi connectivity index (χ1n) is 5.83. The van der Waals surface area contributed by atoms with Gasteiger partial charge in [-0.1, -0.05) is 20.8 Å². The zero-order chi connectivity index (χ0) is 13.5. The zero-order valence-corrected chi connectivity index (χ0v) is 10.7. The average molecular weight is 253 g/mol. The number of nitrogens with two attached hydrogens (primary N) is 1. The molecule has 0 spiro atoms. The summed E-state index contributed by atoms with van der Waals surface area (Å²) in [6.45, 7) is 5.53. The van der Waals surface area contributed by atoms with Gasteiger partial charge in [0.05, 0.1) is 17.6 Å². The Bertz CT molecular complexity index is 567. The summed E-state index contributed by atoms with van der Waals surface area (Å²) in [5.41, 5.74) is 7.37. The molecular weight excluding hydrogens is 236 g/mol. The van der Waals surface area contributed by atoms with Crippen LogP contribution in [0.3, 0.4) is 0 Å². The molecule has 0 amide bonds. The van der Waals surface area contributed by atoms with Crippen molar-refractivity contribution in [2.24, 2.45) is 0 Å². The molecule has 0 aliphatic heterocycles. The topological polar surface area (TPSA) is 43.8 Å². The molecule has 3 nitrogen and oxygen atoms in total. The molecule has 5 heteroatoms. The van der Waals surface area contributed by atoms with Crippen molar-refractivity contribution >= 4 is 16.7 Å².